The van der Waals surface area contributed by atoms with Crippen LogP contribution in [0.2, 0.25) is 0 Å². The quantitative estimate of drug-likeness (QED) is 0.793. The predicted molar refractivity (Wildman–Crippen MR) is 63.9 cm³/mol. The summed E-state index contributed by atoms with van der Waals surface area (Å²) in [5.74, 6) is 0.299. The van der Waals surface area contributed by atoms with Crippen molar-refractivity contribution in [1.29, 1.82) is 0 Å². The van der Waals surface area contributed by atoms with Crippen LogP contribution < -0.4 is 5.32 Å². The molecule has 2 aliphatic rings. The summed E-state index contributed by atoms with van der Waals surface area (Å²) >= 11 is 1.92. The van der Waals surface area contributed by atoms with Crippen LogP contribution in [0.3, 0.4) is 0 Å². The molecule has 0 spiro atoms. The van der Waals surface area contributed by atoms with Gasteiger partial charge in [0, 0.05) is 11.3 Å². The summed E-state index contributed by atoms with van der Waals surface area (Å²) in [6.07, 6.45) is 7.20. The Hall–Kier alpha value is -0.220. The molecule has 0 aromatic heterocycles. The van der Waals surface area contributed by atoms with Gasteiger partial charge in [-0.25, -0.2) is 0 Å². The zero-order valence-corrected chi connectivity index (χ0v) is 10.3. The second-order valence-electron chi connectivity index (χ2n) is 4.38. The minimum Gasteiger partial charge on any atom is -0.322 e. The molecule has 1 amide bonds. The monoisotopic (exact) mass is 228 g/mol. The van der Waals surface area contributed by atoms with E-state index in [9.17, 15) is 4.79 Å². The molecule has 2 rings (SSSR count). The van der Waals surface area contributed by atoms with Crippen molar-refractivity contribution >= 4 is 17.7 Å². The van der Waals surface area contributed by atoms with E-state index >= 15 is 0 Å². The maximum Gasteiger partial charge on any atom is 0.238 e. The van der Waals surface area contributed by atoms with Crippen LogP contribution in [0.5, 0.6) is 0 Å². The van der Waals surface area contributed by atoms with Crippen LogP contribution in [-0.4, -0.2) is 41.1 Å². The molecule has 0 radical (unpaired) electrons. The Labute approximate surface area is 96.0 Å². The number of rotatable bonds is 3. The lowest BCUT2D eigenvalue weighted by Crippen LogP contribution is -2.46. The van der Waals surface area contributed by atoms with Crippen molar-refractivity contribution in [2.24, 2.45) is 0 Å². The number of hydrogen-bond donors (Lipinski definition) is 1. The molecular weight excluding hydrogens is 208 g/mol. The average Bonchev–Trinajstić information content (AvgIpc) is 2.82. The van der Waals surface area contributed by atoms with Gasteiger partial charge in [0.15, 0.2) is 0 Å². The third kappa shape index (κ3) is 2.02. The molecule has 1 aliphatic heterocycles. The Morgan fingerprint density at radius 1 is 1.53 bits per heavy atom. The molecule has 15 heavy (non-hydrogen) atoms. The van der Waals surface area contributed by atoms with E-state index in [4.69, 9.17) is 0 Å². The van der Waals surface area contributed by atoms with E-state index in [0.717, 1.165) is 6.42 Å². The van der Waals surface area contributed by atoms with Crippen molar-refractivity contribution in [3.05, 3.63) is 0 Å². The summed E-state index contributed by atoms with van der Waals surface area (Å²) in [7, 11) is 0. The topological polar surface area (TPSA) is 32.3 Å². The Bertz CT molecular complexity index is 247. The number of hydrogen-bond acceptors (Lipinski definition) is 3. The van der Waals surface area contributed by atoms with Gasteiger partial charge >= 0.3 is 0 Å². The molecule has 86 valence electrons. The van der Waals surface area contributed by atoms with E-state index in [1.807, 2.05) is 11.8 Å². The third-order valence-corrected chi connectivity index (χ3v) is 4.73. The average molecular weight is 228 g/mol. The largest absolute Gasteiger partial charge is 0.322 e. The Kier molecular flexibility index (Phi) is 3.57. The van der Waals surface area contributed by atoms with Crippen molar-refractivity contribution in [3.63, 3.8) is 0 Å². The fraction of sp³-hybridized carbons (Fsp3) is 0.909. The van der Waals surface area contributed by atoms with Crippen LogP contribution in [0, 0.1) is 0 Å². The number of amides is 1. The van der Waals surface area contributed by atoms with Gasteiger partial charge in [-0.2, -0.15) is 11.8 Å². The normalized spacial score (nSPS) is 36.5. The SMILES string of the molecule is CCC1NCC(=O)N1C1CCCC1SC. The van der Waals surface area contributed by atoms with Gasteiger partial charge in [-0.05, 0) is 25.5 Å². The Balaban J connectivity index is 2.10. The number of thioether (sulfide) groups is 1. The first-order chi connectivity index (χ1) is 7.27. The zero-order valence-electron chi connectivity index (χ0n) is 9.53. The maximum atomic E-state index is 11.8. The van der Waals surface area contributed by atoms with Crippen molar-refractivity contribution in [1.82, 2.24) is 10.2 Å². The van der Waals surface area contributed by atoms with E-state index in [0.29, 0.717) is 23.7 Å². The third-order valence-electron chi connectivity index (χ3n) is 3.58. The molecule has 1 saturated heterocycles. The van der Waals surface area contributed by atoms with Crippen LogP contribution in [0.15, 0.2) is 0 Å². The van der Waals surface area contributed by atoms with E-state index in [-0.39, 0.29) is 6.17 Å². The second kappa shape index (κ2) is 4.74. The summed E-state index contributed by atoms with van der Waals surface area (Å²) in [6.45, 7) is 2.68. The van der Waals surface area contributed by atoms with Gasteiger partial charge in [0.2, 0.25) is 5.91 Å². The first-order valence-corrected chi connectivity index (χ1v) is 7.14. The lowest BCUT2D eigenvalue weighted by molar-refractivity contribution is -0.130. The summed E-state index contributed by atoms with van der Waals surface area (Å²) in [5.41, 5.74) is 0. The van der Waals surface area contributed by atoms with E-state index in [2.05, 4.69) is 23.4 Å². The van der Waals surface area contributed by atoms with E-state index in [1.54, 1.807) is 0 Å². The predicted octanol–water partition coefficient (Wildman–Crippen LogP) is 1.44. The van der Waals surface area contributed by atoms with Crippen LogP contribution in [0.1, 0.15) is 32.6 Å². The zero-order chi connectivity index (χ0) is 10.8. The molecular formula is C11H20N2OS. The van der Waals surface area contributed by atoms with Gasteiger partial charge in [0.25, 0.3) is 0 Å². The number of carbonyl (C=O) groups is 1. The summed E-state index contributed by atoms with van der Waals surface area (Å²) in [6, 6.07) is 0.479. The molecule has 1 saturated carbocycles. The van der Waals surface area contributed by atoms with Crippen molar-refractivity contribution < 1.29 is 4.79 Å². The molecule has 3 nitrogen and oxygen atoms in total. The molecule has 0 aromatic rings. The van der Waals surface area contributed by atoms with E-state index < -0.39 is 0 Å². The highest BCUT2D eigenvalue weighted by Crippen LogP contribution is 2.34. The highest BCUT2D eigenvalue weighted by molar-refractivity contribution is 7.99. The number of nitrogens with one attached hydrogen (secondary N) is 1. The van der Waals surface area contributed by atoms with Crippen LogP contribution in [0.4, 0.5) is 0 Å². The summed E-state index contributed by atoms with van der Waals surface area (Å²) < 4.78 is 0. The highest BCUT2D eigenvalue weighted by atomic mass is 32.2. The minimum absolute atomic E-state index is 0.287. The van der Waals surface area contributed by atoms with Gasteiger partial charge in [-0.3, -0.25) is 10.1 Å². The molecule has 1 aliphatic carbocycles. The van der Waals surface area contributed by atoms with Gasteiger partial charge in [0.05, 0.1) is 12.7 Å². The van der Waals surface area contributed by atoms with Crippen LogP contribution >= 0.6 is 11.8 Å². The van der Waals surface area contributed by atoms with Crippen molar-refractivity contribution in [2.75, 3.05) is 12.8 Å². The fourth-order valence-electron chi connectivity index (χ4n) is 2.83. The number of carbonyl (C=O) groups excluding carboxylic acids is 1. The highest BCUT2D eigenvalue weighted by Gasteiger charge is 2.40. The molecule has 1 N–H and O–H groups in total. The Morgan fingerprint density at radius 2 is 2.33 bits per heavy atom. The Morgan fingerprint density at radius 3 is 3.00 bits per heavy atom. The van der Waals surface area contributed by atoms with Gasteiger partial charge in [0.1, 0.15) is 0 Å². The van der Waals surface area contributed by atoms with Crippen LogP contribution in [0.25, 0.3) is 0 Å². The molecule has 0 aromatic carbocycles. The lowest BCUT2D eigenvalue weighted by Gasteiger charge is -2.33. The first-order valence-electron chi connectivity index (χ1n) is 5.85. The molecule has 4 heteroatoms. The molecule has 0 bridgehead atoms. The maximum absolute atomic E-state index is 11.8. The van der Waals surface area contributed by atoms with Gasteiger partial charge < -0.3 is 4.90 Å². The number of nitrogens with zero attached hydrogens (tertiary/aromatic N) is 1. The van der Waals surface area contributed by atoms with E-state index in [1.165, 1.54) is 19.3 Å². The van der Waals surface area contributed by atoms with Crippen molar-refractivity contribution in [3.8, 4) is 0 Å². The molecule has 2 fully saturated rings. The van der Waals surface area contributed by atoms with Crippen LogP contribution in [-0.2, 0) is 4.79 Å². The van der Waals surface area contributed by atoms with Gasteiger partial charge in [-0.1, -0.05) is 13.3 Å². The fourth-order valence-corrected chi connectivity index (χ4v) is 3.81. The summed E-state index contributed by atoms with van der Waals surface area (Å²) in [4.78, 5) is 14.0. The van der Waals surface area contributed by atoms with Crippen molar-refractivity contribution in [2.45, 2.75) is 50.1 Å². The minimum atomic E-state index is 0.287. The standard InChI is InChI=1S/C11H20N2OS/c1-3-10-12-7-11(14)13(10)8-5-4-6-9(8)15-2/h8-10,12H,3-7H2,1-2H3. The molecule has 3 atom stereocenters. The summed E-state index contributed by atoms with van der Waals surface area (Å²) in [5, 5.41) is 3.95. The lowest BCUT2D eigenvalue weighted by atomic mass is 10.2. The molecule has 1 heterocycles. The molecule has 3 unspecified atom stereocenters. The second-order valence-corrected chi connectivity index (χ2v) is 5.46. The smallest absolute Gasteiger partial charge is 0.238 e. The first kappa shape index (κ1) is 11.3. The van der Waals surface area contributed by atoms with Gasteiger partial charge in [-0.15, -0.1) is 0 Å².